The summed E-state index contributed by atoms with van der Waals surface area (Å²) in [6, 6.07) is 14.7. The lowest BCUT2D eigenvalue weighted by Gasteiger charge is -2.07. The number of hydrogen-bond donors (Lipinski definition) is 2. The summed E-state index contributed by atoms with van der Waals surface area (Å²) in [5.74, 6) is 0.603. The number of hydrogen-bond acceptors (Lipinski definition) is 4. The smallest absolute Gasteiger partial charge is 0.307 e. The van der Waals surface area contributed by atoms with Crippen molar-refractivity contribution in [3.8, 4) is 22.1 Å². The number of ether oxygens (including phenoxy) is 1. The minimum atomic E-state index is -0.282. The lowest BCUT2D eigenvalue weighted by molar-refractivity contribution is 0.306. The number of aromatic amines is 1. The summed E-state index contributed by atoms with van der Waals surface area (Å²) < 4.78 is 5.69. The van der Waals surface area contributed by atoms with E-state index in [1.165, 1.54) is 0 Å². The maximum absolute atomic E-state index is 11.2. The minimum Gasteiger partial charge on any atom is -0.493 e. The molecule has 4 nitrogen and oxygen atoms in total. The molecule has 2 aromatic carbocycles. The fourth-order valence-corrected chi connectivity index (χ4v) is 2.83. The van der Waals surface area contributed by atoms with Crippen LogP contribution in [-0.2, 0) is 6.61 Å². The molecule has 0 amide bonds. The van der Waals surface area contributed by atoms with Gasteiger partial charge in [0.05, 0.1) is 4.88 Å². The molecular weight excluding hydrogens is 322 g/mol. The summed E-state index contributed by atoms with van der Waals surface area (Å²) in [6.45, 7) is 0.444. The van der Waals surface area contributed by atoms with Crippen LogP contribution in [-0.4, -0.2) is 10.1 Å². The van der Waals surface area contributed by atoms with Crippen LogP contribution in [0.4, 0.5) is 0 Å². The van der Waals surface area contributed by atoms with Gasteiger partial charge < -0.3 is 9.84 Å². The molecule has 0 bridgehead atoms. The monoisotopic (exact) mass is 333 g/mol. The Bertz CT molecular complexity index is 822. The highest BCUT2D eigenvalue weighted by atomic mass is 35.5. The molecule has 1 aromatic heterocycles. The van der Waals surface area contributed by atoms with Gasteiger partial charge in [-0.3, -0.25) is 9.78 Å². The van der Waals surface area contributed by atoms with Crippen molar-refractivity contribution in [2.45, 2.75) is 6.61 Å². The van der Waals surface area contributed by atoms with Crippen LogP contribution in [0.3, 0.4) is 0 Å². The molecular formula is C16H12ClNO3S. The number of nitrogens with one attached hydrogen (secondary N) is 1. The number of benzene rings is 2. The van der Waals surface area contributed by atoms with Gasteiger partial charge in [-0.25, -0.2) is 0 Å². The Morgan fingerprint density at radius 3 is 2.36 bits per heavy atom. The van der Waals surface area contributed by atoms with Crippen LogP contribution in [0.15, 0.2) is 53.3 Å². The van der Waals surface area contributed by atoms with Gasteiger partial charge in [0.15, 0.2) is 0 Å². The van der Waals surface area contributed by atoms with Crippen molar-refractivity contribution in [2.75, 3.05) is 0 Å². The highest BCUT2D eigenvalue weighted by molar-refractivity contribution is 7.13. The Morgan fingerprint density at radius 1 is 1.09 bits per heavy atom. The zero-order valence-electron chi connectivity index (χ0n) is 11.4. The van der Waals surface area contributed by atoms with E-state index in [1.54, 1.807) is 24.3 Å². The predicted octanol–water partition coefficient (Wildman–Crippen LogP) is 4.04. The topological polar surface area (TPSA) is 62.3 Å². The highest BCUT2D eigenvalue weighted by Gasteiger charge is 2.09. The average Bonchev–Trinajstić information content (AvgIpc) is 2.86. The van der Waals surface area contributed by atoms with Crippen LogP contribution < -0.4 is 9.61 Å². The zero-order valence-corrected chi connectivity index (χ0v) is 12.9. The third-order valence-corrected chi connectivity index (χ3v) is 4.24. The van der Waals surface area contributed by atoms with Gasteiger partial charge in [-0.2, -0.15) is 0 Å². The first kappa shape index (κ1) is 14.7. The molecule has 0 aliphatic rings. The maximum Gasteiger partial charge on any atom is 0.307 e. The Morgan fingerprint density at radius 2 is 1.77 bits per heavy atom. The fourth-order valence-electron chi connectivity index (χ4n) is 1.97. The summed E-state index contributed by atoms with van der Waals surface area (Å²) in [7, 11) is 0. The van der Waals surface area contributed by atoms with E-state index >= 15 is 0 Å². The third kappa shape index (κ3) is 3.32. The molecule has 22 heavy (non-hydrogen) atoms. The van der Waals surface area contributed by atoms with Crippen molar-refractivity contribution in [3.05, 3.63) is 68.8 Å². The van der Waals surface area contributed by atoms with Gasteiger partial charge in [-0.1, -0.05) is 35.1 Å². The second-order valence-corrected chi connectivity index (χ2v) is 6.05. The number of H-pyrrole nitrogens is 1. The van der Waals surface area contributed by atoms with Crippen LogP contribution >= 0.6 is 22.9 Å². The molecule has 3 aromatic rings. The molecule has 112 valence electrons. The molecule has 0 fully saturated rings. The van der Waals surface area contributed by atoms with E-state index in [0.717, 1.165) is 22.5 Å². The number of rotatable bonds is 4. The van der Waals surface area contributed by atoms with Gasteiger partial charge in [0.2, 0.25) is 5.88 Å². The molecule has 0 aliphatic heterocycles. The van der Waals surface area contributed by atoms with Gasteiger partial charge in [0.1, 0.15) is 12.4 Å². The van der Waals surface area contributed by atoms with E-state index in [9.17, 15) is 9.90 Å². The summed E-state index contributed by atoms with van der Waals surface area (Å²) in [5, 5.41) is 10.3. The zero-order chi connectivity index (χ0) is 15.5. The van der Waals surface area contributed by atoms with Crippen LogP contribution in [0, 0.1) is 0 Å². The summed E-state index contributed by atoms with van der Waals surface area (Å²) in [6.07, 6.45) is 0. The third-order valence-electron chi connectivity index (χ3n) is 3.07. The second kappa shape index (κ2) is 6.25. The normalized spacial score (nSPS) is 10.6. The number of aromatic nitrogens is 1. The minimum absolute atomic E-state index is 0.107. The van der Waals surface area contributed by atoms with Crippen molar-refractivity contribution in [1.82, 2.24) is 4.98 Å². The highest BCUT2D eigenvalue weighted by Crippen LogP contribution is 2.31. The van der Waals surface area contributed by atoms with E-state index in [0.29, 0.717) is 22.3 Å². The van der Waals surface area contributed by atoms with Gasteiger partial charge in [-0.15, -0.1) is 0 Å². The van der Waals surface area contributed by atoms with Gasteiger partial charge >= 0.3 is 4.87 Å². The molecule has 0 radical (unpaired) electrons. The molecule has 6 heteroatoms. The standard InChI is InChI=1S/C16H12ClNO3S/c17-12-5-1-10(2-6-12)9-21-13-7-3-11(4-8-13)14-15(19)18-16(20)22-14/h1-8,19H,9H2,(H,18,20). The lowest BCUT2D eigenvalue weighted by Crippen LogP contribution is -1.94. The van der Waals surface area contributed by atoms with Crippen LogP contribution in [0.1, 0.15) is 5.56 Å². The summed E-state index contributed by atoms with van der Waals surface area (Å²) >= 11 is 6.80. The van der Waals surface area contributed by atoms with Crippen molar-refractivity contribution < 1.29 is 9.84 Å². The Kier molecular flexibility index (Phi) is 4.18. The van der Waals surface area contributed by atoms with Crippen LogP contribution in [0.5, 0.6) is 11.6 Å². The Hall–Kier alpha value is -2.24. The maximum atomic E-state index is 11.2. The van der Waals surface area contributed by atoms with E-state index in [2.05, 4.69) is 4.98 Å². The number of thiazole rings is 1. The van der Waals surface area contributed by atoms with Gasteiger partial charge in [0.25, 0.3) is 0 Å². The fraction of sp³-hybridized carbons (Fsp3) is 0.0625. The molecule has 3 rings (SSSR count). The lowest BCUT2D eigenvalue weighted by atomic mass is 10.2. The van der Waals surface area contributed by atoms with E-state index in [4.69, 9.17) is 16.3 Å². The van der Waals surface area contributed by atoms with Gasteiger partial charge in [-0.05, 0) is 47.5 Å². The average molecular weight is 334 g/mol. The van der Waals surface area contributed by atoms with Crippen LogP contribution in [0.25, 0.3) is 10.4 Å². The largest absolute Gasteiger partial charge is 0.493 e. The van der Waals surface area contributed by atoms with E-state index in [-0.39, 0.29) is 10.8 Å². The van der Waals surface area contributed by atoms with Crippen molar-refractivity contribution >= 4 is 22.9 Å². The van der Waals surface area contributed by atoms with Crippen molar-refractivity contribution in [1.29, 1.82) is 0 Å². The van der Waals surface area contributed by atoms with E-state index < -0.39 is 0 Å². The van der Waals surface area contributed by atoms with Gasteiger partial charge in [0, 0.05) is 5.02 Å². The van der Waals surface area contributed by atoms with E-state index in [1.807, 2.05) is 24.3 Å². The summed E-state index contributed by atoms with van der Waals surface area (Å²) in [4.78, 5) is 13.8. The first-order chi connectivity index (χ1) is 10.6. The molecule has 2 N–H and O–H groups in total. The molecule has 0 saturated heterocycles. The number of aromatic hydroxyl groups is 1. The molecule has 0 aliphatic carbocycles. The first-order valence-electron chi connectivity index (χ1n) is 6.51. The molecule has 0 unspecified atom stereocenters. The second-order valence-electron chi connectivity index (χ2n) is 4.63. The molecule has 0 saturated carbocycles. The molecule has 1 heterocycles. The SMILES string of the molecule is O=c1[nH]c(O)c(-c2ccc(OCc3ccc(Cl)cc3)cc2)s1. The van der Waals surface area contributed by atoms with Crippen LogP contribution in [0.2, 0.25) is 5.02 Å². The quantitative estimate of drug-likeness (QED) is 0.757. The number of halogens is 1. The first-order valence-corrected chi connectivity index (χ1v) is 7.71. The Labute approximate surface area is 135 Å². The van der Waals surface area contributed by atoms with Crippen molar-refractivity contribution in [3.63, 3.8) is 0 Å². The predicted molar refractivity (Wildman–Crippen MR) is 87.8 cm³/mol. The van der Waals surface area contributed by atoms with Crippen molar-refractivity contribution in [2.24, 2.45) is 0 Å². The summed E-state index contributed by atoms with van der Waals surface area (Å²) in [5.41, 5.74) is 1.79. The Balaban J connectivity index is 1.70. The molecule has 0 atom stereocenters. The molecule has 0 spiro atoms.